The maximum Gasteiger partial charge on any atom is 0.101 e. The zero-order chi connectivity index (χ0) is 6.69. The largest absolute Gasteiger partial charge is 0.372 e. The Balaban J connectivity index is 2.40. The molecule has 3 N–H and O–H groups in total. The summed E-state index contributed by atoms with van der Waals surface area (Å²) in [7, 11) is 0. The van der Waals surface area contributed by atoms with Gasteiger partial charge in [-0.2, -0.15) is 0 Å². The van der Waals surface area contributed by atoms with Gasteiger partial charge in [-0.25, -0.2) is 0 Å². The molecule has 1 heterocycles. The van der Waals surface area contributed by atoms with Gasteiger partial charge in [0.05, 0.1) is 6.54 Å². The smallest absolute Gasteiger partial charge is 0.101 e. The van der Waals surface area contributed by atoms with Crippen LogP contribution < -0.4 is 11.1 Å². The second-order valence-electron chi connectivity index (χ2n) is 2.33. The molecule has 0 aromatic rings. The summed E-state index contributed by atoms with van der Waals surface area (Å²) in [4.78, 5) is 4.23. The van der Waals surface area contributed by atoms with Crippen LogP contribution in [0.3, 0.4) is 0 Å². The number of nitrogens with two attached hydrogens (primary N) is 1. The zero-order valence-electron chi connectivity index (χ0n) is 5.72. The van der Waals surface area contributed by atoms with Gasteiger partial charge < -0.3 is 11.1 Å². The van der Waals surface area contributed by atoms with E-state index < -0.39 is 0 Å². The van der Waals surface area contributed by atoms with Crippen LogP contribution in [0.2, 0.25) is 0 Å². The summed E-state index contributed by atoms with van der Waals surface area (Å²) in [5.41, 5.74) is 5.43. The molecule has 0 aromatic heterocycles. The highest BCUT2D eigenvalue weighted by molar-refractivity contribution is 5.85. The van der Waals surface area contributed by atoms with Crippen LogP contribution in [0.25, 0.3) is 0 Å². The summed E-state index contributed by atoms with van der Waals surface area (Å²) in [5, 5.41) is 3.18. The van der Waals surface area contributed by atoms with Crippen LogP contribution in [0, 0.1) is 5.92 Å². The topological polar surface area (TPSA) is 50.4 Å². The molecule has 9 heavy (non-hydrogen) atoms. The highest BCUT2D eigenvalue weighted by atomic mass is 15.1. The molecular formula is C6H13N3. The minimum Gasteiger partial charge on any atom is -0.372 e. The number of hydrogen-bond acceptors (Lipinski definition) is 3. The molecule has 0 aromatic carbocycles. The summed E-state index contributed by atoms with van der Waals surface area (Å²) in [6.45, 7) is 4.67. The van der Waals surface area contributed by atoms with Crippen molar-refractivity contribution >= 4 is 5.84 Å². The average Bonchev–Trinajstić information content (AvgIpc) is 2.37. The van der Waals surface area contributed by atoms with Crippen LogP contribution in [0.5, 0.6) is 0 Å². The van der Waals surface area contributed by atoms with E-state index in [1.165, 1.54) is 0 Å². The van der Waals surface area contributed by atoms with Gasteiger partial charge >= 0.3 is 0 Å². The molecule has 0 radical (unpaired) electrons. The van der Waals surface area contributed by atoms with Crippen LogP contribution in [0.1, 0.15) is 6.92 Å². The SMILES string of the molecule is CC(CN)C1=NCCN1. The Morgan fingerprint density at radius 1 is 1.89 bits per heavy atom. The highest BCUT2D eigenvalue weighted by Crippen LogP contribution is 1.97. The van der Waals surface area contributed by atoms with Crippen molar-refractivity contribution in [2.75, 3.05) is 19.6 Å². The van der Waals surface area contributed by atoms with E-state index >= 15 is 0 Å². The molecule has 52 valence electrons. The standard InChI is InChI=1S/C6H13N3/c1-5(4-7)6-8-2-3-9-6/h5H,2-4,7H2,1H3,(H,8,9). The molecule has 0 aliphatic carbocycles. The molecule has 1 atom stereocenters. The van der Waals surface area contributed by atoms with E-state index in [1.54, 1.807) is 0 Å². The van der Waals surface area contributed by atoms with Gasteiger partial charge in [0.1, 0.15) is 5.84 Å². The van der Waals surface area contributed by atoms with Crippen LogP contribution in [0.15, 0.2) is 4.99 Å². The second-order valence-corrected chi connectivity index (χ2v) is 2.33. The van der Waals surface area contributed by atoms with Gasteiger partial charge in [0.25, 0.3) is 0 Å². The number of nitrogens with zero attached hydrogens (tertiary/aromatic N) is 1. The zero-order valence-corrected chi connectivity index (χ0v) is 5.72. The van der Waals surface area contributed by atoms with Crippen molar-refractivity contribution in [3.8, 4) is 0 Å². The summed E-state index contributed by atoms with van der Waals surface area (Å²) >= 11 is 0. The highest BCUT2D eigenvalue weighted by Gasteiger charge is 2.10. The molecule has 0 saturated carbocycles. The quantitative estimate of drug-likeness (QED) is 0.529. The first-order valence-electron chi connectivity index (χ1n) is 3.33. The van der Waals surface area contributed by atoms with E-state index in [4.69, 9.17) is 5.73 Å². The lowest BCUT2D eigenvalue weighted by Crippen LogP contribution is -2.29. The molecule has 0 fully saturated rings. The first-order valence-corrected chi connectivity index (χ1v) is 3.33. The van der Waals surface area contributed by atoms with Crippen LogP contribution in [-0.2, 0) is 0 Å². The van der Waals surface area contributed by atoms with Crippen molar-refractivity contribution in [2.24, 2.45) is 16.6 Å². The predicted molar refractivity (Wildman–Crippen MR) is 38.5 cm³/mol. The number of rotatable bonds is 2. The Bertz CT molecular complexity index is 119. The third-order valence-electron chi connectivity index (χ3n) is 1.52. The molecular weight excluding hydrogens is 114 g/mol. The van der Waals surface area contributed by atoms with Crippen molar-refractivity contribution < 1.29 is 0 Å². The van der Waals surface area contributed by atoms with Crippen molar-refractivity contribution in [3.63, 3.8) is 0 Å². The molecule has 3 nitrogen and oxygen atoms in total. The third-order valence-corrected chi connectivity index (χ3v) is 1.52. The molecule has 1 rings (SSSR count). The van der Waals surface area contributed by atoms with Crippen molar-refractivity contribution in [1.29, 1.82) is 0 Å². The van der Waals surface area contributed by atoms with E-state index in [0.29, 0.717) is 12.5 Å². The van der Waals surface area contributed by atoms with Gasteiger partial charge in [0.15, 0.2) is 0 Å². The van der Waals surface area contributed by atoms with Gasteiger partial charge in [-0.05, 0) is 0 Å². The average molecular weight is 127 g/mol. The lowest BCUT2D eigenvalue weighted by molar-refractivity contribution is 0.758. The van der Waals surface area contributed by atoms with Crippen LogP contribution >= 0.6 is 0 Å². The predicted octanol–water partition coefficient (Wildman–Crippen LogP) is -0.417. The molecule has 1 aliphatic heterocycles. The molecule has 0 spiro atoms. The lowest BCUT2D eigenvalue weighted by Gasteiger charge is -2.07. The van der Waals surface area contributed by atoms with E-state index in [-0.39, 0.29) is 0 Å². The Kier molecular flexibility index (Phi) is 2.05. The van der Waals surface area contributed by atoms with E-state index in [2.05, 4.69) is 17.2 Å². The summed E-state index contributed by atoms with van der Waals surface area (Å²) in [6.07, 6.45) is 0. The molecule has 3 heteroatoms. The molecule has 0 amide bonds. The number of aliphatic imine (C=N–C) groups is 1. The van der Waals surface area contributed by atoms with Crippen molar-refractivity contribution in [2.45, 2.75) is 6.92 Å². The normalized spacial score (nSPS) is 20.9. The fourth-order valence-corrected chi connectivity index (χ4v) is 0.858. The van der Waals surface area contributed by atoms with Crippen LogP contribution in [0.4, 0.5) is 0 Å². The second kappa shape index (κ2) is 2.82. The van der Waals surface area contributed by atoms with Crippen molar-refractivity contribution in [3.05, 3.63) is 0 Å². The minimum absolute atomic E-state index is 0.410. The minimum atomic E-state index is 0.410. The Morgan fingerprint density at radius 3 is 3.11 bits per heavy atom. The summed E-state index contributed by atoms with van der Waals surface area (Å²) in [6, 6.07) is 0. The Labute approximate surface area is 55.3 Å². The number of hydrogen-bond donors (Lipinski definition) is 2. The van der Waals surface area contributed by atoms with Crippen molar-refractivity contribution in [1.82, 2.24) is 5.32 Å². The first kappa shape index (κ1) is 6.55. The Hall–Kier alpha value is -0.570. The van der Waals surface area contributed by atoms with Gasteiger partial charge in [0.2, 0.25) is 0 Å². The van der Waals surface area contributed by atoms with E-state index in [9.17, 15) is 0 Å². The van der Waals surface area contributed by atoms with E-state index in [1.807, 2.05) is 0 Å². The molecule has 1 unspecified atom stereocenters. The van der Waals surface area contributed by atoms with E-state index in [0.717, 1.165) is 18.9 Å². The molecule has 0 bridgehead atoms. The van der Waals surface area contributed by atoms with Gasteiger partial charge in [-0.15, -0.1) is 0 Å². The monoisotopic (exact) mass is 127 g/mol. The summed E-state index contributed by atoms with van der Waals surface area (Å²) in [5.74, 6) is 1.49. The van der Waals surface area contributed by atoms with Gasteiger partial charge in [-0.3, -0.25) is 4.99 Å². The van der Waals surface area contributed by atoms with Crippen LogP contribution in [-0.4, -0.2) is 25.5 Å². The molecule has 0 saturated heterocycles. The fraction of sp³-hybridized carbons (Fsp3) is 0.833. The summed E-state index contributed by atoms with van der Waals surface area (Å²) < 4.78 is 0. The molecule has 1 aliphatic rings. The Morgan fingerprint density at radius 2 is 2.67 bits per heavy atom. The van der Waals surface area contributed by atoms with Gasteiger partial charge in [-0.1, -0.05) is 6.92 Å². The maximum absolute atomic E-state index is 5.43. The number of amidine groups is 1. The van der Waals surface area contributed by atoms with Gasteiger partial charge in [0, 0.05) is 19.0 Å². The lowest BCUT2D eigenvalue weighted by atomic mass is 10.2. The first-order chi connectivity index (χ1) is 4.34. The maximum atomic E-state index is 5.43. The third kappa shape index (κ3) is 1.42. The number of nitrogens with one attached hydrogen (secondary N) is 1. The fourth-order valence-electron chi connectivity index (χ4n) is 0.858.